The molecule has 1 heterocycles. The third kappa shape index (κ3) is 6.74. The minimum atomic E-state index is -3.79. The lowest BCUT2D eigenvalue weighted by molar-refractivity contribution is 0.598. The summed E-state index contributed by atoms with van der Waals surface area (Å²) in [5.41, 5.74) is 6.18. The molecule has 0 bridgehead atoms. The Morgan fingerprint density at radius 1 is 0.778 bits per heavy atom. The number of nitrogens with one attached hydrogen (secondary N) is 3. The van der Waals surface area contributed by atoms with Crippen molar-refractivity contribution in [2.75, 3.05) is 35.1 Å². The van der Waals surface area contributed by atoms with Crippen LogP contribution in [0.4, 0.5) is 34.9 Å². The maximum absolute atomic E-state index is 11.5. The zero-order chi connectivity index (χ0) is 25.5. The van der Waals surface area contributed by atoms with Crippen LogP contribution in [0.5, 0.6) is 0 Å². The second-order valence-corrected chi connectivity index (χ2v) is 9.41. The highest BCUT2D eigenvalue weighted by molar-refractivity contribution is 7.89. The van der Waals surface area contributed by atoms with Crippen LogP contribution in [0, 0.1) is 0 Å². The molecule has 184 valence electrons. The van der Waals surface area contributed by atoms with Crippen molar-refractivity contribution in [1.82, 2.24) is 15.0 Å². The first kappa shape index (κ1) is 24.6. The van der Waals surface area contributed by atoms with Crippen LogP contribution >= 0.6 is 0 Å². The number of anilines is 6. The number of primary sulfonamides is 1. The monoisotopic (exact) mass is 503 g/mol. The van der Waals surface area contributed by atoms with Gasteiger partial charge in [-0.25, -0.2) is 19.0 Å². The summed E-state index contributed by atoms with van der Waals surface area (Å²) in [5, 5.41) is 15.6. The van der Waals surface area contributed by atoms with Gasteiger partial charge in [0.2, 0.25) is 27.9 Å². The Bertz CT molecular complexity index is 1440. The number of aromatic nitrogens is 3. The van der Waals surface area contributed by atoms with Crippen molar-refractivity contribution in [1.29, 1.82) is 0 Å². The van der Waals surface area contributed by atoms with Gasteiger partial charge in [0.05, 0.1) is 11.1 Å². The summed E-state index contributed by atoms with van der Waals surface area (Å²) >= 11 is 0. The number of rotatable bonds is 9. The van der Waals surface area contributed by atoms with Gasteiger partial charge in [0.1, 0.15) is 0 Å². The fourth-order valence-electron chi connectivity index (χ4n) is 3.07. The van der Waals surface area contributed by atoms with E-state index >= 15 is 0 Å². The highest BCUT2D eigenvalue weighted by atomic mass is 32.2. The standard InChI is InChI=1S/C24H25N9O2S/c1-33(2)20-12-8-17(9-13-20)16-26-32-24-30-22(27-18-6-4-3-5-7-18)29-23(31-24)28-19-10-14-21(15-11-19)36(25,34)35/h3-16H,1-2H3,(H2,25,34,35)(H3,27,28,29,30,31,32)/b26-16+. The number of hydrazone groups is 1. The van der Waals surface area contributed by atoms with Crippen LogP contribution in [0.2, 0.25) is 0 Å². The molecule has 0 spiro atoms. The number of benzene rings is 3. The molecule has 3 aromatic carbocycles. The van der Waals surface area contributed by atoms with E-state index in [4.69, 9.17) is 5.14 Å². The highest BCUT2D eigenvalue weighted by Crippen LogP contribution is 2.20. The molecule has 1 aromatic heterocycles. The van der Waals surface area contributed by atoms with E-state index in [1.807, 2.05) is 73.6 Å². The average Bonchev–Trinajstić information content (AvgIpc) is 2.85. The fourth-order valence-corrected chi connectivity index (χ4v) is 3.58. The van der Waals surface area contributed by atoms with Crippen molar-refractivity contribution in [3.8, 4) is 0 Å². The number of nitrogens with two attached hydrogens (primary N) is 1. The van der Waals surface area contributed by atoms with E-state index in [1.54, 1.807) is 18.3 Å². The van der Waals surface area contributed by atoms with E-state index in [1.165, 1.54) is 12.1 Å². The van der Waals surface area contributed by atoms with Crippen molar-refractivity contribution < 1.29 is 8.42 Å². The molecule has 0 radical (unpaired) electrons. The number of hydrogen-bond donors (Lipinski definition) is 4. The predicted molar refractivity (Wildman–Crippen MR) is 143 cm³/mol. The Hall–Kier alpha value is -4.55. The maximum atomic E-state index is 11.5. The van der Waals surface area contributed by atoms with Crippen LogP contribution in [0.1, 0.15) is 5.56 Å². The quantitative estimate of drug-likeness (QED) is 0.199. The maximum Gasteiger partial charge on any atom is 0.250 e. The van der Waals surface area contributed by atoms with Crippen molar-refractivity contribution in [2.45, 2.75) is 4.90 Å². The molecule has 11 nitrogen and oxygen atoms in total. The van der Waals surface area contributed by atoms with E-state index in [9.17, 15) is 8.42 Å². The zero-order valence-electron chi connectivity index (χ0n) is 19.6. The minimum absolute atomic E-state index is 0.00503. The van der Waals surface area contributed by atoms with Crippen LogP contribution in [0.3, 0.4) is 0 Å². The molecule has 0 aliphatic heterocycles. The Balaban J connectivity index is 1.55. The van der Waals surface area contributed by atoms with Crippen molar-refractivity contribution >= 4 is 51.1 Å². The Morgan fingerprint density at radius 2 is 1.33 bits per heavy atom. The minimum Gasteiger partial charge on any atom is -0.378 e. The number of nitrogens with zero attached hydrogens (tertiary/aromatic N) is 5. The molecule has 0 amide bonds. The lowest BCUT2D eigenvalue weighted by Crippen LogP contribution is -2.12. The van der Waals surface area contributed by atoms with Gasteiger partial charge >= 0.3 is 0 Å². The molecule has 0 aliphatic rings. The van der Waals surface area contributed by atoms with E-state index in [2.05, 4.69) is 36.1 Å². The second kappa shape index (κ2) is 10.8. The summed E-state index contributed by atoms with van der Waals surface area (Å²) in [6, 6.07) is 23.3. The molecule has 0 saturated heterocycles. The number of hydrogen-bond acceptors (Lipinski definition) is 10. The van der Waals surface area contributed by atoms with Crippen molar-refractivity contribution in [3.05, 3.63) is 84.4 Å². The zero-order valence-corrected chi connectivity index (χ0v) is 20.4. The molecular weight excluding hydrogens is 478 g/mol. The summed E-state index contributed by atoms with van der Waals surface area (Å²) in [6.45, 7) is 0. The normalized spacial score (nSPS) is 11.3. The molecule has 0 unspecified atom stereocenters. The van der Waals surface area contributed by atoms with Gasteiger partial charge in [0.15, 0.2) is 0 Å². The van der Waals surface area contributed by atoms with E-state index in [-0.39, 0.29) is 22.7 Å². The average molecular weight is 504 g/mol. The van der Waals surface area contributed by atoms with E-state index in [0.717, 1.165) is 16.9 Å². The van der Waals surface area contributed by atoms with Crippen LogP contribution < -0.4 is 26.1 Å². The van der Waals surface area contributed by atoms with Gasteiger partial charge in [0, 0.05) is 31.2 Å². The first-order chi connectivity index (χ1) is 17.3. The highest BCUT2D eigenvalue weighted by Gasteiger charge is 2.10. The second-order valence-electron chi connectivity index (χ2n) is 7.85. The SMILES string of the molecule is CN(C)c1ccc(/C=N/Nc2nc(Nc3ccccc3)nc(Nc3ccc(S(N)(=O)=O)cc3)n2)cc1. The summed E-state index contributed by atoms with van der Waals surface area (Å²) < 4.78 is 23.0. The van der Waals surface area contributed by atoms with Crippen LogP contribution in [0.15, 0.2) is 88.9 Å². The van der Waals surface area contributed by atoms with Crippen LogP contribution in [0.25, 0.3) is 0 Å². The molecule has 4 rings (SSSR count). The van der Waals surface area contributed by atoms with E-state index < -0.39 is 10.0 Å². The number of sulfonamides is 1. The van der Waals surface area contributed by atoms with Gasteiger partial charge in [-0.15, -0.1) is 0 Å². The van der Waals surface area contributed by atoms with Gasteiger partial charge in [0.25, 0.3) is 0 Å². The molecule has 0 aliphatic carbocycles. The topological polar surface area (TPSA) is 151 Å². The van der Waals surface area contributed by atoms with Gasteiger partial charge in [-0.2, -0.15) is 20.1 Å². The van der Waals surface area contributed by atoms with Gasteiger partial charge in [-0.3, -0.25) is 0 Å². The van der Waals surface area contributed by atoms with Crippen LogP contribution in [-0.2, 0) is 10.0 Å². The predicted octanol–water partition coefficient (Wildman–Crippen LogP) is 3.52. The third-order valence-electron chi connectivity index (χ3n) is 4.89. The van der Waals surface area contributed by atoms with E-state index in [0.29, 0.717) is 5.69 Å². The Kier molecular flexibility index (Phi) is 7.37. The van der Waals surface area contributed by atoms with Gasteiger partial charge in [-0.05, 0) is 54.1 Å². The molecule has 5 N–H and O–H groups in total. The summed E-state index contributed by atoms with van der Waals surface area (Å²) in [5.74, 6) is 0.709. The molecule has 0 fully saturated rings. The van der Waals surface area contributed by atoms with Gasteiger partial charge < -0.3 is 15.5 Å². The first-order valence-electron chi connectivity index (χ1n) is 10.8. The summed E-state index contributed by atoms with van der Waals surface area (Å²) in [4.78, 5) is 15.2. The number of para-hydroxylation sites is 1. The van der Waals surface area contributed by atoms with Crippen molar-refractivity contribution in [2.24, 2.45) is 10.2 Å². The largest absolute Gasteiger partial charge is 0.378 e. The molecule has 36 heavy (non-hydrogen) atoms. The fraction of sp³-hybridized carbons (Fsp3) is 0.0833. The molecule has 12 heteroatoms. The lowest BCUT2D eigenvalue weighted by Gasteiger charge is -2.11. The summed E-state index contributed by atoms with van der Waals surface area (Å²) in [6.07, 6.45) is 1.66. The molecular formula is C24H25N9O2S. The Morgan fingerprint density at radius 3 is 1.89 bits per heavy atom. The van der Waals surface area contributed by atoms with Gasteiger partial charge in [-0.1, -0.05) is 30.3 Å². The molecule has 4 aromatic rings. The van der Waals surface area contributed by atoms with Crippen LogP contribution in [-0.4, -0.2) is 43.7 Å². The lowest BCUT2D eigenvalue weighted by atomic mass is 10.2. The molecule has 0 atom stereocenters. The Labute approximate surface area is 209 Å². The smallest absolute Gasteiger partial charge is 0.250 e. The van der Waals surface area contributed by atoms with Crippen molar-refractivity contribution in [3.63, 3.8) is 0 Å². The molecule has 0 saturated carbocycles. The summed E-state index contributed by atoms with van der Waals surface area (Å²) in [7, 11) is 0.170. The third-order valence-corrected chi connectivity index (χ3v) is 5.82. The first-order valence-corrected chi connectivity index (χ1v) is 12.4.